The molecule has 8 heteroatoms. The van der Waals surface area contributed by atoms with E-state index in [-0.39, 0.29) is 18.4 Å². The summed E-state index contributed by atoms with van der Waals surface area (Å²) < 4.78 is 31.6. The Morgan fingerprint density at radius 1 is 1.28 bits per heavy atom. The molecule has 0 aliphatic heterocycles. The average Bonchev–Trinajstić information content (AvgIpc) is 2.54. The number of carbonyl (C=O) groups excluding carboxylic acids is 1. The van der Waals surface area contributed by atoms with Gasteiger partial charge in [0.15, 0.2) is 11.6 Å². The Kier molecular flexibility index (Phi) is 6.10. The smallest absolute Gasteiger partial charge is 0.319 e. The third kappa shape index (κ3) is 5.59. The Bertz CT molecular complexity index is 740. The molecule has 0 spiro atoms. The molecule has 2 rings (SSSR count). The second kappa shape index (κ2) is 8.27. The Morgan fingerprint density at radius 3 is 2.72 bits per heavy atom. The summed E-state index contributed by atoms with van der Waals surface area (Å²) in [6.45, 7) is 1.74. The maximum absolute atomic E-state index is 13.5. The number of benzene rings is 1. The molecule has 2 amide bonds. The van der Waals surface area contributed by atoms with Crippen molar-refractivity contribution in [3.8, 4) is 5.75 Å². The van der Waals surface area contributed by atoms with Gasteiger partial charge >= 0.3 is 6.03 Å². The van der Waals surface area contributed by atoms with Crippen LogP contribution in [0, 0.1) is 11.6 Å². The van der Waals surface area contributed by atoms with Gasteiger partial charge in [-0.25, -0.2) is 18.6 Å². The molecule has 0 aliphatic carbocycles. The molecule has 0 saturated carbocycles. The predicted molar refractivity (Wildman–Crippen MR) is 92.0 cm³/mol. The Hall–Kier alpha value is -2.90. The van der Waals surface area contributed by atoms with Crippen LogP contribution < -0.4 is 20.3 Å². The number of hydrogen-bond acceptors (Lipinski definition) is 4. The van der Waals surface area contributed by atoms with Crippen LogP contribution in [0.4, 0.5) is 25.1 Å². The molecule has 0 bridgehead atoms. The van der Waals surface area contributed by atoms with Gasteiger partial charge in [0.2, 0.25) is 0 Å². The van der Waals surface area contributed by atoms with Gasteiger partial charge in [-0.05, 0) is 25.1 Å². The van der Waals surface area contributed by atoms with Gasteiger partial charge in [-0.1, -0.05) is 0 Å². The molecule has 0 radical (unpaired) electrons. The van der Waals surface area contributed by atoms with Gasteiger partial charge in [0.25, 0.3) is 0 Å². The number of nitrogens with one attached hydrogen (secondary N) is 2. The molecular formula is C17H20F2N4O2. The Morgan fingerprint density at radius 2 is 2.04 bits per heavy atom. The minimum Gasteiger partial charge on any atom is -0.488 e. The van der Waals surface area contributed by atoms with E-state index >= 15 is 0 Å². The van der Waals surface area contributed by atoms with E-state index in [1.165, 1.54) is 6.07 Å². The van der Waals surface area contributed by atoms with E-state index in [1.54, 1.807) is 25.3 Å². The van der Waals surface area contributed by atoms with Crippen LogP contribution in [0.3, 0.4) is 0 Å². The first-order valence-electron chi connectivity index (χ1n) is 7.64. The minimum absolute atomic E-state index is 0.0370. The van der Waals surface area contributed by atoms with Crippen molar-refractivity contribution < 1.29 is 18.3 Å². The van der Waals surface area contributed by atoms with Crippen LogP contribution in [-0.4, -0.2) is 37.8 Å². The van der Waals surface area contributed by atoms with Crippen molar-refractivity contribution in [3.05, 3.63) is 48.2 Å². The number of aromatic nitrogens is 1. The number of hydrogen-bond donors (Lipinski definition) is 2. The highest BCUT2D eigenvalue weighted by molar-refractivity contribution is 5.89. The normalized spacial score (nSPS) is 11.6. The van der Waals surface area contributed by atoms with Gasteiger partial charge in [-0.2, -0.15) is 0 Å². The molecule has 1 unspecified atom stereocenters. The second-order valence-electron chi connectivity index (χ2n) is 5.68. The molecule has 25 heavy (non-hydrogen) atoms. The van der Waals surface area contributed by atoms with E-state index in [1.807, 2.05) is 19.0 Å². The zero-order chi connectivity index (χ0) is 18.4. The van der Waals surface area contributed by atoms with Crippen LogP contribution >= 0.6 is 0 Å². The van der Waals surface area contributed by atoms with Gasteiger partial charge in [-0.3, -0.25) is 0 Å². The summed E-state index contributed by atoms with van der Waals surface area (Å²) in [5, 5.41) is 5.36. The molecule has 0 saturated heterocycles. The first kappa shape index (κ1) is 18.4. The lowest BCUT2D eigenvalue weighted by atomic mass is 10.3. The first-order chi connectivity index (χ1) is 11.8. The van der Waals surface area contributed by atoms with Gasteiger partial charge in [0.05, 0.1) is 6.04 Å². The first-order valence-corrected chi connectivity index (χ1v) is 7.64. The number of anilines is 2. The Balaban J connectivity index is 1.84. The van der Waals surface area contributed by atoms with Gasteiger partial charge in [0.1, 0.15) is 18.2 Å². The van der Waals surface area contributed by atoms with E-state index < -0.39 is 17.7 Å². The highest BCUT2D eigenvalue weighted by Crippen LogP contribution is 2.18. The Labute approximate surface area is 144 Å². The topological polar surface area (TPSA) is 66.5 Å². The van der Waals surface area contributed by atoms with Gasteiger partial charge in [-0.15, -0.1) is 0 Å². The summed E-state index contributed by atoms with van der Waals surface area (Å²) >= 11 is 0. The summed E-state index contributed by atoms with van der Waals surface area (Å²) in [4.78, 5) is 18.0. The molecule has 1 heterocycles. The fourth-order valence-corrected chi connectivity index (χ4v) is 1.98. The van der Waals surface area contributed by atoms with Crippen LogP contribution in [0.2, 0.25) is 0 Å². The third-order valence-electron chi connectivity index (χ3n) is 3.22. The molecule has 0 fully saturated rings. The quantitative estimate of drug-likeness (QED) is 0.840. The van der Waals surface area contributed by atoms with Crippen molar-refractivity contribution in [2.75, 3.05) is 30.9 Å². The summed E-state index contributed by atoms with van der Waals surface area (Å²) in [5.41, 5.74) is 0.592. The summed E-state index contributed by atoms with van der Waals surface area (Å²) in [6.07, 6.45) is 1.59. The van der Waals surface area contributed by atoms with Crippen molar-refractivity contribution in [2.24, 2.45) is 0 Å². The van der Waals surface area contributed by atoms with E-state index in [2.05, 4.69) is 15.6 Å². The number of carbonyl (C=O) groups is 1. The van der Waals surface area contributed by atoms with Crippen molar-refractivity contribution in [1.29, 1.82) is 0 Å². The van der Waals surface area contributed by atoms with Crippen LogP contribution in [0.15, 0.2) is 36.5 Å². The minimum atomic E-state index is -0.787. The third-order valence-corrected chi connectivity index (χ3v) is 3.22. The molecule has 6 nitrogen and oxygen atoms in total. The number of rotatable bonds is 6. The molecule has 0 aliphatic rings. The molecular weight excluding hydrogens is 330 g/mol. The number of urea groups is 1. The zero-order valence-electron chi connectivity index (χ0n) is 14.2. The van der Waals surface area contributed by atoms with Crippen molar-refractivity contribution in [1.82, 2.24) is 10.3 Å². The van der Waals surface area contributed by atoms with Crippen molar-refractivity contribution in [2.45, 2.75) is 13.0 Å². The summed E-state index contributed by atoms with van der Waals surface area (Å²) in [7, 11) is 3.69. The maximum Gasteiger partial charge on any atom is 0.319 e. The SMILES string of the molecule is CC(COc1ccc(F)cc1F)NC(=O)Nc1ccnc(N(C)C)c1. The molecule has 2 aromatic rings. The van der Waals surface area contributed by atoms with E-state index in [0.29, 0.717) is 11.5 Å². The monoisotopic (exact) mass is 350 g/mol. The van der Waals surface area contributed by atoms with E-state index in [9.17, 15) is 13.6 Å². The number of amides is 2. The highest BCUT2D eigenvalue weighted by atomic mass is 19.1. The lowest BCUT2D eigenvalue weighted by Gasteiger charge is -2.17. The van der Waals surface area contributed by atoms with Crippen LogP contribution in [-0.2, 0) is 0 Å². The lowest BCUT2D eigenvalue weighted by Crippen LogP contribution is -2.39. The molecule has 134 valence electrons. The van der Waals surface area contributed by atoms with Crippen molar-refractivity contribution in [3.63, 3.8) is 0 Å². The zero-order valence-corrected chi connectivity index (χ0v) is 14.2. The number of ether oxygens (including phenoxy) is 1. The fraction of sp³-hybridized carbons (Fsp3) is 0.294. The van der Waals surface area contributed by atoms with E-state index in [0.717, 1.165) is 12.1 Å². The van der Waals surface area contributed by atoms with E-state index in [4.69, 9.17) is 4.74 Å². The maximum atomic E-state index is 13.5. The van der Waals surface area contributed by atoms with Crippen molar-refractivity contribution >= 4 is 17.5 Å². The second-order valence-corrected chi connectivity index (χ2v) is 5.68. The van der Waals surface area contributed by atoms with Crippen LogP contribution in [0.5, 0.6) is 5.75 Å². The van der Waals surface area contributed by atoms with Crippen LogP contribution in [0.1, 0.15) is 6.92 Å². The highest BCUT2D eigenvalue weighted by Gasteiger charge is 2.11. The molecule has 1 aromatic carbocycles. The number of nitrogens with zero attached hydrogens (tertiary/aromatic N) is 2. The average molecular weight is 350 g/mol. The fourth-order valence-electron chi connectivity index (χ4n) is 1.98. The largest absolute Gasteiger partial charge is 0.488 e. The molecule has 1 atom stereocenters. The molecule has 1 aromatic heterocycles. The van der Waals surface area contributed by atoms with Crippen LogP contribution in [0.25, 0.3) is 0 Å². The molecule has 2 N–H and O–H groups in total. The van der Waals surface area contributed by atoms with Gasteiger partial charge in [0, 0.05) is 38.1 Å². The number of halogens is 2. The summed E-state index contributed by atoms with van der Waals surface area (Å²) in [5.74, 6) is -0.823. The number of pyridine rings is 1. The standard InChI is InChI=1S/C17H20F2N4O2/c1-11(10-25-15-5-4-12(18)8-14(15)19)21-17(24)22-13-6-7-20-16(9-13)23(2)3/h4-9,11H,10H2,1-3H3,(H2,20,21,22,24). The predicted octanol–water partition coefficient (Wildman–Crippen LogP) is 3.01. The van der Waals surface area contributed by atoms with Gasteiger partial charge < -0.3 is 20.3 Å². The summed E-state index contributed by atoms with van der Waals surface area (Å²) in [6, 6.07) is 5.64. The lowest BCUT2D eigenvalue weighted by molar-refractivity contribution is 0.234.